The summed E-state index contributed by atoms with van der Waals surface area (Å²) in [4.78, 5) is 13.9. The fourth-order valence-corrected chi connectivity index (χ4v) is 2.38. The average molecular weight is 365 g/mol. The van der Waals surface area contributed by atoms with Crippen LogP contribution in [0, 0.1) is 0 Å². The van der Waals surface area contributed by atoms with Gasteiger partial charge in [0, 0.05) is 7.05 Å². The molecule has 0 spiro atoms. The SMILES string of the molecule is COc1ccccc1OCCN(C)C(=O)[C@@H](N)Cc1ccccc1.Cl. The molecule has 2 aromatic rings. The topological polar surface area (TPSA) is 64.8 Å². The molecule has 6 heteroatoms. The number of ether oxygens (including phenoxy) is 2. The van der Waals surface area contributed by atoms with Crippen LogP contribution in [0.3, 0.4) is 0 Å². The maximum atomic E-state index is 12.3. The Bertz CT molecular complexity index is 652. The van der Waals surface area contributed by atoms with Gasteiger partial charge in [-0.1, -0.05) is 42.5 Å². The molecule has 0 saturated heterocycles. The third-order valence-corrected chi connectivity index (χ3v) is 3.75. The minimum atomic E-state index is -0.552. The Morgan fingerprint density at radius 1 is 1.08 bits per heavy atom. The van der Waals surface area contributed by atoms with E-state index in [9.17, 15) is 4.79 Å². The van der Waals surface area contributed by atoms with Crippen molar-refractivity contribution < 1.29 is 14.3 Å². The van der Waals surface area contributed by atoms with Crippen LogP contribution >= 0.6 is 12.4 Å². The van der Waals surface area contributed by atoms with E-state index in [2.05, 4.69) is 0 Å². The van der Waals surface area contributed by atoms with Gasteiger partial charge in [0.15, 0.2) is 11.5 Å². The molecule has 136 valence electrons. The number of likely N-dealkylation sites (N-methyl/N-ethyl adjacent to an activating group) is 1. The molecule has 0 saturated carbocycles. The molecule has 2 rings (SSSR count). The van der Waals surface area contributed by atoms with Gasteiger partial charge in [-0.25, -0.2) is 0 Å². The van der Waals surface area contributed by atoms with E-state index < -0.39 is 6.04 Å². The van der Waals surface area contributed by atoms with Gasteiger partial charge in [-0.3, -0.25) is 4.79 Å². The lowest BCUT2D eigenvalue weighted by Gasteiger charge is -2.21. The van der Waals surface area contributed by atoms with Crippen LogP contribution in [0.2, 0.25) is 0 Å². The number of amides is 1. The van der Waals surface area contributed by atoms with Crippen LogP contribution in [0.15, 0.2) is 54.6 Å². The second-order valence-corrected chi connectivity index (χ2v) is 5.56. The molecule has 5 nitrogen and oxygen atoms in total. The van der Waals surface area contributed by atoms with Crippen molar-refractivity contribution in [3.05, 3.63) is 60.2 Å². The zero-order valence-corrected chi connectivity index (χ0v) is 15.4. The highest BCUT2D eigenvalue weighted by Gasteiger charge is 2.18. The molecule has 1 amide bonds. The Kier molecular flexibility index (Phi) is 8.81. The fourth-order valence-electron chi connectivity index (χ4n) is 2.38. The number of methoxy groups -OCH3 is 1. The first-order valence-corrected chi connectivity index (χ1v) is 7.92. The minimum absolute atomic E-state index is 0. The van der Waals surface area contributed by atoms with E-state index in [1.165, 1.54) is 0 Å². The lowest BCUT2D eigenvalue weighted by Crippen LogP contribution is -2.44. The van der Waals surface area contributed by atoms with Crippen molar-refractivity contribution in [2.24, 2.45) is 5.73 Å². The molecule has 0 fully saturated rings. The molecule has 0 aliphatic heterocycles. The van der Waals surface area contributed by atoms with Gasteiger partial charge in [-0.2, -0.15) is 0 Å². The van der Waals surface area contributed by atoms with Gasteiger partial charge < -0.3 is 20.1 Å². The molecule has 0 bridgehead atoms. The average Bonchev–Trinajstić information content (AvgIpc) is 2.62. The summed E-state index contributed by atoms with van der Waals surface area (Å²) in [6.45, 7) is 0.833. The maximum absolute atomic E-state index is 12.3. The number of hydrogen-bond donors (Lipinski definition) is 1. The largest absolute Gasteiger partial charge is 0.493 e. The molecular weight excluding hydrogens is 340 g/mol. The normalized spacial score (nSPS) is 11.2. The molecule has 0 unspecified atom stereocenters. The summed E-state index contributed by atoms with van der Waals surface area (Å²) in [6, 6.07) is 16.6. The predicted octanol–water partition coefficient (Wildman–Crippen LogP) is 2.52. The van der Waals surface area contributed by atoms with Gasteiger partial charge in [0.2, 0.25) is 5.91 Å². The first-order valence-electron chi connectivity index (χ1n) is 7.92. The Labute approximate surface area is 155 Å². The van der Waals surface area contributed by atoms with Gasteiger partial charge in [0.25, 0.3) is 0 Å². The Morgan fingerprint density at radius 3 is 2.32 bits per heavy atom. The van der Waals surface area contributed by atoms with Crippen LogP contribution in [0.4, 0.5) is 0 Å². The van der Waals surface area contributed by atoms with Crippen LogP contribution in [0.25, 0.3) is 0 Å². The van der Waals surface area contributed by atoms with Gasteiger partial charge in [-0.05, 0) is 24.1 Å². The molecule has 2 aromatic carbocycles. The van der Waals surface area contributed by atoms with Crippen LogP contribution < -0.4 is 15.2 Å². The number of para-hydroxylation sites is 2. The molecule has 25 heavy (non-hydrogen) atoms. The first kappa shape index (κ1) is 20.8. The van der Waals surface area contributed by atoms with Crippen molar-refractivity contribution >= 4 is 18.3 Å². The molecule has 0 aliphatic rings. The van der Waals surface area contributed by atoms with E-state index >= 15 is 0 Å². The number of benzene rings is 2. The van der Waals surface area contributed by atoms with Crippen molar-refractivity contribution in [1.82, 2.24) is 4.90 Å². The number of rotatable bonds is 8. The number of hydrogen-bond acceptors (Lipinski definition) is 4. The Balaban J connectivity index is 0.00000312. The van der Waals surface area contributed by atoms with Crippen molar-refractivity contribution in [2.75, 3.05) is 27.3 Å². The summed E-state index contributed by atoms with van der Waals surface area (Å²) >= 11 is 0. The Morgan fingerprint density at radius 2 is 1.68 bits per heavy atom. The van der Waals surface area contributed by atoms with Gasteiger partial charge in [-0.15, -0.1) is 12.4 Å². The molecule has 0 heterocycles. The van der Waals surface area contributed by atoms with Crippen LogP contribution in [0.5, 0.6) is 11.5 Å². The molecule has 2 N–H and O–H groups in total. The predicted molar refractivity (Wildman–Crippen MR) is 101 cm³/mol. The standard InChI is InChI=1S/C19H24N2O3.ClH/c1-21(12-13-24-18-11-7-6-10-17(18)23-2)19(22)16(20)14-15-8-4-3-5-9-15;/h3-11,16H,12-14,20H2,1-2H3;1H/t16-;/m0./s1. The smallest absolute Gasteiger partial charge is 0.239 e. The van der Waals surface area contributed by atoms with Crippen LogP contribution in [-0.4, -0.2) is 44.2 Å². The molecule has 0 radical (unpaired) electrons. The Hall–Kier alpha value is -2.24. The van der Waals surface area contributed by atoms with E-state index in [0.29, 0.717) is 31.1 Å². The molecule has 0 aromatic heterocycles. The second-order valence-electron chi connectivity index (χ2n) is 5.56. The van der Waals surface area contributed by atoms with Crippen LogP contribution in [-0.2, 0) is 11.2 Å². The van der Waals surface area contributed by atoms with E-state index in [4.69, 9.17) is 15.2 Å². The van der Waals surface area contributed by atoms with E-state index in [1.54, 1.807) is 19.1 Å². The number of nitrogens with zero attached hydrogens (tertiary/aromatic N) is 1. The number of carbonyl (C=O) groups excluding carboxylic acids is 1. The first-order chi connectivity index (χ1) is 11.6. The number of halogens is 1. The second kappa shape index (κ2) is 10.6. The number of nitrogens with two attached hydrogens (primary N) is 1. The van der Waals surface area contributed by atoms with E-state index in [-0.39, 0.29) is 18.3 Å². The van der Waals surface area contributed by atoms with E-state index in [0.717, 1.165) is 5.56 Å². The fraction of sp³-hybridized carbons (Fsp3) is 0.316. The summed E-state index contributed by atoms with van der Waals surface area (Å²) in [5.74, 6) is 1.24. The summed E-state index contributed by atoms with van der Waals surface area (Å²) in [7, 11) is 3.33. The van der Waals surface area contributed by atoms with Gasteiger partial charge in [0.05, 0.1) is 19.7 Å². The summed E-state index contributed by atoms with van der Waals surface area (Å²) in [6.07, 6.45) is 0.525. The highest BCUT2D eigenvalue weighted by Crippen LogP contribution is 2.25. The zero-order valence-electron chi connectivity index (χ0n) is 14.6. The van der Waals surface area contributed by atoms with Crippen LogP contribution in [0.1, 0.15) is 5.56 Å². The molecule has 1 atom stereocenters. The van der Waals surface area contributed by atoms with Crippen molar-refractivity contribution in [1.29, 1.82) is 0 Å². The third kappa shape index (κ3) is 6.29. The van der Waals surface area contributed by atoms with Gasteiger partial charge in [0.1, 0.15) is 6.61 Å². The quantitative estimate of drug-likeness (QED) is 0.781. The highest BCUT2D eigenvalue weighted by atomic mass is 35.5. The van der Waals surface area contributed by atoms with Gasteiger partial charge >= 0.3 is 0 Å². The lowest BCUT2D eigenvalue weighted by atomic mass is 10.1. The lowest BCUT2D eigenvalue weighted by molar-refractivity contribution is -0.131. The number of carbonyl (C=O) groups is 1. The van der Waals surface area contributed by atoms with Crippen molar-refractivity contribution in [3.8, 4) is 11.5 Å². The molecular formula is C19H25ClN2O3. The maximum Gasteiger partial charge on any atom is 0.239 e. The monoisotopic (exact) mass is 364 g/mol. The zero-order chi connectivity index (χ0) is 17.4. The van der Waals surface area contributed by atoms with E-state index in [1.807, 2.05) is 54.6 Å². The summed E-state index contributed by atoms with van der Waals surface area (Å²) in [5, 5.41) is 0. The minimum Gasteiger partial charge on any atom is -0.493 e. The highest BCUT2D eigenvalue weighted by molar-refractivity contribution is 5.85. The summed E-state index contributed by atoms with van der Waals surface area (Å²) < 4.78 is 10.9. The van der Waals surface area contributed by atoms with Crippen molar-refractivity contribution in [3.63, 3.8) is 0 Å². The summed E-state index contributed by atoms with van der Waals surface area (Å²) in [5.41, 5.74) is 7.08. The third-order valence-electron chi connectivity index (χ3n) is 3.75. The van der Waals surface area contributed by atoms with Crippen molar-refractivity contribution in [2.45, 2.75) is 12.5 Å². The molecule has 0 aliphatic carbocycles.